The van der Waals surface area contributed by atoms with Crippen LogP contribution in [-0.4, -0.2) is 63.2 Å². The van der Waals surface area contributed by atoms with Gasteiger partial charge in [-0.2, -0.15) is 0 Å². The summed E-state index contributed by atoms with van der Waals surface area (Å²) in [5.41, 5.74) is 0. The molecular weight excluding hydrogens is 198 g/mol. The molecule has 0 bridgehead atoms. The second-order valence-electron chi connectivity index (χ2n) is 5.24. The zero-order chi connectivity index (χ0) is 12.4. The minimum atomic E-state index is 0.751. The van der Waals surface area contributed by atoms with E-state index in [4.69, 9.17) is 0 Å². The Balaban J connectivity index is 3.59. The van der Waals surface area contributed by atoms with Crippen LogP contribution in [0.15, 0.2) is 0 Å². The van der Waals surface area contributed by atoms with Gasteiger partial charge in [-0.15, -0.1) is 0 Å². The quantitative estimate of drug-likeness (QED) is 0.573. The lowest BCUT2D eigenvalue weighted by Crippen LogP contribution is -2.37. The summed E-state index contributed by atoms with van der Waals surface area (Å²) in [4.78, 5) is 4.80. The van der Waals surface area contributed by atoms with Crippen molar-refractivity contribution in [2.75, 3.05) is 53.4 Å². The van der Waals surface area contributed by atoms with Gasteiger partial charge in [0.1, 0.15) is 0 Å². The van der Waals surface area contributed by atoms with Gasteiger partial charge in [0, 0.05) is 26.2 Å². The van der Waals surface area contributed by atoms with Crippen LogP contribution in [0.3, 0.4) is 0 Å². The topological polar surface area (TPSA) is 18.5 Å². The van der Waals surface area contributed by atoms with Crippen molar-refractivity contribution in [1.82, 2.24) is 15.1 Å². The van der Waals surface area contributed by atoms with Gasteiger partial charge in [0.05, 0.1) is 0 Å². The van der Waals surface area contributed by atoms with Gasteiger partial charge >= 0.3 is 0 Å². The molecule has 0 spiro atoms. The van der Waals surface area contributed by atoms with Gasteiger partial charge in [0.2, 0.25) is 0 Å². The highest BCUT2D eigenvalue weighted by Gasteiger charge is 2.03. The predicted molar refractivity (Wildman–Crippen MR) is 73.0 cm³/mol. The van der Waals surface area contributed by atoms with E-state index < -0.39 is 0 Å². The van der Waals surface area contributed by atoms with Crippen LogP contribution in [0.2, 0.25) is 0 Å². The highest BCUT2D eigenvalue weighted by molar-refractivity contribution is 4.61. The maximum Gasteiger partial charge on any atom is 0.0110 e. The first-order valence-corrected chi connectivity index (χ1v) is 6.64. The van der Waals surface area contributed by atoms with E-state index in [0.29, 0.717) is 0 Å². The van der Waals surface area contributed by atoms with E-state index in [1.807, 2.05) is 0 Å². The normalized spacial score (nSPS) is 12.0. The third-order valence-corrected chi connectivity index (χ3v) is 2.56. The summed E-state index contributed by atoms with van der Waals surface area (Å²) in [7, 11) is 4.28. The van der Waals surface area contributed by atoms with Crippen molar-refractivity contribution in [3.63, 3.8) is 0 Å². The largest absolute Gasteiger partial charge is 0.315 e. The van der Waals surface area contributed by atoms with E-state index in [2.05, 4.69) is 50.0 Å². The van der Waals surface area contributed by atoms with E-state index in [1.165, 1.54) is 26.1 Å². The van der Waals surface area contributed by atoms with Crippen LogP contribution >= 0.6 is 0 Å². The molecule has 0 aromatic heterocycles. The van der Waals surface area contributed by atoms with Gasteiger partial charge in [-0.25, -0.2) is 0 Å². The fourth-order valence-electron chi connectivity index (χ4n) is 1.62. The summed E-state index contributed by atoms with van der Waals surface area (Å²) in [5, 5.41) is 3.51. The smallest absolute Gasteiger partial charge is 0.0110 e. The minimum Gasteiger partial charge on any atom is -0.315 e. The zero-order valence-corrected chi connectivity index (χ0v) is 11.9. The molecule has 0 heterocycles. The minimum absolute atomic E-state index is 0.751. The molecule has 0 aliphatic carbocycles. The first kappa shape index (κ1) is 15.9. The number of nitrogens with one attached hydrogen (secondary N) is 1. The molecule has 0 aliphatic heterocycles. The Bertz CT molecular complexity index is 146. The van der Waals surface area contributed by atoms with Crippen molar-refractivity contribution < 1.29 is 0 Å². The van der Waals surface area contributed by atoms with E-state index in [1.54, 1.807) is 0 Å². The maximum atomic E-state index is 3.51. The van der Waals surface area contributed by atoms with Gasteiger partial charge in [0.15, 0.2) is 0 Å². The zero-order valence-electron chi connectivity index (χ0n) is 11.9. The Morgan fingerprint density at radius 1 is 1.00 bits per heavy atom. The molecule has 0 aromatic carbocycles. The van der Waals surface area contributed by atoms with Gasteiger partial charge in [-0.05, 0) is 39.5 Å². The van der Waals surface area contributed by atoms with Crippen LogP contribution in [-0.2, 0) is 0 Å². The molecule has 0 rings (SSSR count). The first-order chi connectivity index (χ1) is 7.56. The molecule has 3 heteroatoms. The van der Waals surface area contributed by atoms with Crippen molar-refractivity contribution in [2.24, 2.45) is 5.92 Å². The second-order valence-corrected chi connectivity index (χ2v) is 5.24. The Morgan fingerprint density at radius 2 is 1.69 bits per heavy atom. The molecule has 1 N–H and O–H groups in total. The van der Waals surface area contributed by atoms with Crippen molar-refractivity contribution in [2.45, 2.75) is 27.2 Å². The number of likely N-dealkylation sites (N-methyl/N-ethyl adjacent to an activating group) is 1. The van der Waals surface area contributed by atoms with Gasteiger partial charge in [0.25, 0.3) is 0 Å². The average molecular weight is 229 g/mol. The lowest BCUT2D eigenvalue weighted by Gasteiger charge is -2.23. The number of hydrogen-bond donors (Lipinski definition) is 1. The number of hydrogen-bond acceptors (Lipinski definition) is 3. The maximum absolute atomic E-state index is 3.51. The summed E-state index contributed by atoms with van der Waals surface area (Å²) in [6.07, 6.45) is 1.25. The summed E-state index contributed by atoms with van der Waals surface area (Å²) in [5.74, 6) is 0.751. The summed E-state index contributed by atoms with van der Waals surface area (Å²) in [6, 6.07) is 0. The van der Waals surface area contributed by atoms with Gasteiger partial charge in [-0.3, -0.25) is 0 Å². The SMILES string of the molecule is CCCN(CCNCC(C)C)CCN(C)C. The molecule has 0 atom stereocenters. The lowest BCUT2D eigenvalue weighted by atomic mass is 10.2. The van der Waals surface area contributed by atoms with Crippen LogP contribution in [0.4, 0.5) is 0 Å². The number of rotatable bonds is 10. The molecule has 16 heavy (non-hydrogen) atoms. The second kappa shape index (κ2) is 10.1. The van der Waals surface area contributed by atoms with E-state index in [9.17, 15) is 0 Å². The Morgan fingerprint density at radius 3 is 2.19 bits per heavy atom. The Labute approximate surface area is 102 Å². The summed E-state index contributed by atoms with van der Waals surface area (Å²) >= 11 is 0. The van der Waals surface area contributed by atoms with E-state index in [-0.39, 0.29) is 0 Å². The van der Waals surface area contributed by atoms with Crippen LogP contribution in [0.5, 0.6) is 0 Å². The summed E-state index contributed by atoms with van der Waals surface area (Å²) in [6.45, 7) is 13.7. The van der Waals surface area contributed by atoms with Crippen LogP contribution in [0.25, 0.3) is 0 Å². The first-order valence-electron chi connectivity index (χ1n) is 6.64. The molecule has 0 amide bonds. The van der Waals surface area contributed by atoms with Gasteiger partial charge < -0.3 is 15.1 Å². The molecule has 0 radical (unpaired) electrons. The van der Waals surface area contributed by atoms with Crippen molar-refractivity contribution in [1.29, 1.82) is 0 Å². The van der Waals surface area contributed by atoms with Crippen molar-refractivity contribution in [3.05, 3.63) is 0 Å². The molecule has 3 nitrogen and oxygen atoms in total. The molecule has 0 saturated heterocycles. The number of nitrogens with zero attached hydrogens (tertiary/aromatic N) is 2. The van der Waals surface area contributed by atoms with Crippen molar-refractivity contribution in [3.8, 4) is 0 Å². The standard InChI is InChI=1S/C13H31N3/c1-6-8-16(11-10-15(4)5)9-7-14-12-13(2)3/h13-14H,6-12H2,1-5H3. The predicted octanol–water partition coefficient (Wildman–Crippen LogP) is 1.51. The summed E-state index contributed by atoms with van der Waals surface area (Å²) < 4.78 is 0. The average Bonchev–Trinajstić information content (AvgIpc) is 2.20. The van der Waals surface area contributed by atoms with E-state index >= 15 is 0 Å². The lowest BCUT2D eigenvalue weighted by molar-refractivity contribution is 0.240. The van der Waals surface area contributed by atoms with Crippen LogP contribution in [0.1, 0.15) is 27.2 Å². The van der Waals surface area contributed by atoms with Crippen LogP contribution in [0, 0.1) is 5.92 Å². The van der Waals surface area contributed by atoms with Crippen LogP contribution < -0.4 is 5.32 Å². The molecule has 0 unspecified atom stereocenters. The molecular formula is C13H31N3. The van der Waals surface area contributed by atoms with Gasteiger partial charge in [-0.1, -0.05) is 20.8 Å². The fraction of sp³-hybridized carbons (Fsp3) is 1.00. The fourth-order valence-corrected chi connectivity index (χ4v) is 1.62. The third kappa shape index (κ3) is 10.4. The Hall–Kier alpha value is -0.120. The van der Waals surface area contributed by atoms with Crippen molar-refractivity contribution >= 4 is 0 Å². The highest BCUT2D eigenvalue weighted by atomic mass is 15.2. The third-order valence-electron chi connectivity index (χ3n) is 2.56. The molecule has 0 aromatic rings. The molecule has 0 saturated carbocycles. The molecule has 0 aliphatic rings. The Kier molecular flexibility index (Phi) is 9.99. The molecule has 0 fully saturated rings. The molecule has 98 valence electrons. The monoisotopic (exact) mass is 229 g/mol. The highest BCUT2D eigenvalue weighted by Crippen LogP contribution is 1.92. The van der Waals surface area contributed by atoms with E-state index in [0.717, 1.165) is 25.6 Å².